The molecule has 2 heteroatoms. The number of ether oxygens (including phenoxy) is 1. The summed E-state index contributed by atoms with van der Waals surface area (Å²) in [5.41, 5.74) is 8.24. The Morgan fingerprint density at radius 2 is 2.42 bits per heavy atom. The first-order chi connectivity index (χ1) is 5.83. The molecule has 0 amide bonds. The molecule has 1 atom stereocenters. The summed E-state index contributed by atoms with van der Waals surface area (Å²) in [6.07, 6.45) is 0. The van der Waals surface area contributed by atoms with Crippen LogP contribution in [0.15, 0.2) is 18.2 Å². The Morgan fingerprint density at radius 1 is 1.58 bits per heavy atom. The van der Waals surface area contributed by atoms with Crippen LogP contribution in [0.3, 0.4) is 0 Å². The summed E-state index contributed by atoms with van der Waals surface area (Å²) in [5.74, 6) is 1.42. The van der Waals surface area contributed by atoms with Gasteiger partial charge in [-0.3, -0.25) is 0 Å². The average Bonchev–Trinajstić information content (AvgIpc) is 2.49. The van der Waals surface area contributed by atoms with Crippen LogP contribution in [-0.2, 0) is 0 Å². The zero-order valence-corrected chi connectivity index (χ0v) is 7.21. The summed E-state index contributed by atoms with van der Waals surface area (Å²) >= 11 is 0. The first kappa shape index (κ1) is 7.62. The monoisotopic (exact) mass is 163 g/mol. The molecule has 0 saturated heterocycles. The minimum Gasteiger partial charge on any atom is -0.493 e. The maximum Gasteiger partial charge on any atom is 0.123 e. The normalized spacial score (nSPS) is 20.3. The van der Waals surface area contributed by atoms with Crippen LogP contribution < -0.4 is 10.5 Å². The number of hydrogen-bond donors (Lipinski definition) is 1. The Morgan fingerprint density at radius 3 is 3.17 bits per heavy atom. The number of rotatable bonds is 1. The van der Waals surface area contributed by atoms with E-state index in [-0.39, 0.29) is 0 Å². The number of benzene rings is 1. The van der Waals surface area contributed by atoms with Gasteiger partial charge in [-0.1, -0.05) is 12.1 Å². The molecule has 0 radical (unpaired) electrons. The zero-order valence-electron chi connectivity index (χ0n) is 7.21. The Hall–Kier alpha value is -1.02. The Kier molecular flexibility index (Phi) is 1.77. The second-order valence-corrected chi connectivity index (χ2v) is 3.23. The molecular weight excluding hydrogens is 150 g/mol. The lowest BCUT2D eigenvalue weighted by molar-refractivity contribution is 0.333. The van der Waals surface area contributed by atoms with Crippen molar-refractivity contribution in [1.29, 1.82) is 0 Å². The lowest BCUT2D eigenvalue weighted by Gasteiger charge is -2.06. The lowest BCUT2D eigenvalue weighted by atomic mass is 9.97. The molecule has 0 fully saturated rings. The molecule has 1 unspecified atom stereocenters. The average molecular weight is 163 g/mol. The third kappa shape index (κ3) is 0.994. The molecule has 0 bridgehead atoms. The molecule has 2 rings (SSSR count). The van der Waals surface area contributed by atoms with E-state index in [0.29, 0.717) is 12.5 Å². The maximum absolute atomic E-state index is 5.64. The largest absolute Gasteiger partial charge is 0.493 e. The highest BCUT2D eigenvalue weighted by Crippen LogP contribution is 2.35. The number of hydrogen-bond acceptors (Lipinski definition) is 2. The predicted octanol–water partition coefficient (Wildman–Crippen LogP) is 1.43. The van der Waals surface area contributed by atoms with Crippen molar-refractivity contribution in [2.24, 2.45) is 5.73 Å². The van der Waals surface area contributed by atoms with Gasteiger partial charge in [0.2, 0.25) is 0 Å². The van der Waals surface area contributed by atoms with Crippen molar-refractivity contribution in [3.8, 4) is 5.75 Å². The molecule has 0 aromatic heterocycles. The molecule has 1 aromatic carbocycles. The van der Waals surface area contributed by atoms with E-state index in [4.69, 9.17) is 10.5 Å². The van der Waals surface area contributed by atoms with Gasteiger partial charge in [0.15, 0.2) is 0 Å². The van der Waals surface area contributed by atoms with Crippen LogP contribution in [0.4, 0.5) is 0 Å². The van der Waals surface area contributed by atoms with Gasteiger partial charge >= 0.3 is 0 Å². The van der Waals surface area contributed by atoms with Crippen molar-refractivity contribution < 1.29 is 4.74 Å². The van der Waals surface area contributed by atoms with Crippen LogP contribution in [0.2, 0.25) is 0 Å². The van der Waals surface area contributed by atoms with Crippen LogP contribution in [-0.4, -0.2) is 13.2 Å². The van der Waals surface area contributed by atoms with Gasteiger partial charge in [0.05, 0.1) is 6.61 Å². The molecule has 2 N–H and O–H groups in total. The fourth-order valence-corrected chi connectivity index (χ4v) is 1.76. The summed E-state index contributed by atoms with van der Waals surface area (Å²) in [7, 11) is 0. The summed E-state index contributed by atoms with van der Waals surface area (Å²) in [5, 5.41) is 0. The van der Waals surface area contributed by atoms with Gasteiger partial charge in [-0.15, -0.1) is 0 Å². The van der Waals surface area contributed by atoms with Crippen LogP contribution in [0.1, 0.15) is 17.0 Å². The van der Waals surface area contributed by atoms with Gasteiger partial charge in [0, 0.05) is 18.0 Å². The second-order valence-electron chi connectivity index (χ2n) is 3.23. The summed E-state index contributed by atoms with van der Waals surface area (Å²) in [6.45, 7) is 3.53. The third-order valence-electron chi connectivity index (χ3n) is 2.42. The van der Waals surface area contributed by atoms with Crippen LogP contribution in [0.25, 0.3) is 0 Å². The Bertz CT molecular complexity index is 296. The first-order valence-corrected chi connectivity index (χ1v) is 4.25. The lowest BCUT2D eigenvalue weighted by Crippen LogP contribution is -2.13. The molecule has 64 valence electrons. The molecule has 1 aliphatic heterocycles. The van der Waals surface area contributed by atoms with Gasteiger partial charge in [0.25, 0.3) is 0 Å². The van der Waals surface area contributed by atoms with E-state index < -0.39 is 0 Å². The summed E-state index contributed by atoms with van der Waals surface area (Å²) in [4.78, 5) is 0. The number of fused-ring (bicyclic) bond motifs is 1. The number of aryl methyl sites for hydroxylation is 1. The molecule has 2 nitrogen and oxygen atoms in total. The zero-order chi connectivity index (χ0) is 8.55. The van der Waals surface area contributed by atoms with Gasteiger partial charge in [-0.2, -0.15) is 0 Å². The first-order valence-electron chi connectivity index (χ1n) is 4.25. The van der Waals surface area contributed by atoms with Crippen LogP contribution in [0, 0.1) is 6.92 Å². The van der Waals surface area contributed by atoms with E-state index >= 15 is 0 Å². The number of nitrogens with two attached hydrogens (primary N) is 1. The molecule has 1 aliphatic rings. The topological polar surface area (TPSA) is 35.2 Å². The molecular formula is C10H13NO. The SMILES string of the molecule is Cc1cccc2c1C(CN)CO2. The minimum absolute atomic E-state index is 0.404. The molecule has 0 spiro atoms. The van der Waals surface area contributed by atoms with E-state index in [1.165, 1.54) is 11.1 Å². The van der Waals surface area contributed by atoms with Crippen LogP contribution >= 0.6 is 0 Å². The van der Waals surface area contributed by atoms with E-state index in [0.717, 1.165) is 12.4 Å². The van der Waals surface area contributed by atoms with E-state index in [1.54, 1.807) is 0 Å². The van der Waals surface area contributed by atoms with Gasteiger partial charge in [0.1, 0.15) is 5.75 Å². The summed E-state index contributed by atoms with van der Waals surface area (Å²) in [6, 6.07) is 6.14. The van der Waals surface area contributed by atoms with Crippen molar-refractivity contribution in [1.82, 2.24) is 0 Å². The smallest absolute Gasteiger partial charge is 0.123 e. The third-order valence-corrected chi connectivity index (χ3v) is 2.42. The van der Waals surface area contributed by atoms with Gasteiger partial charge in [-0.25, -0.2) is 0 Å². The van der Waals surface area contributed by atoms with E-state index in [1.807, 2.05) is 12.1 Å². The Labute approximate surface area is 72.3 Å². The molecule has 1 aromatic rings. The maximum atomic E-state index is 5.64. The van der Waals surface area contributed by atoms with E-state index in [9.17, 15) is 0 Å². The Balaban J connectivity index is 2.48. The van der Waals surface area contributed by atoms with Crippen LogP contribution in [0.5, 0.6) is 5.75 Å². The minimum atomic E-state index is 0.404. The fourth-order valence-electron chi connectivity index (χ4n) is 1.76. The van der Waals surface area contributed by atoms with Crippen molar-refractivity contribution in [3.05, 3.63) is 29.3 Å². The molecule has 0 saturated carbocycles. The van der Waals surface area contributed by atoms with Gasteiger partial charge in [-0.05, 0) is 18.6 Å². The van der Waals surface area contributed by atoms with Crippen molar-refractivity contribution in [3.63, 3.8) is 0 Å². The molecule has 12 heavy (non-hydrogen) atoms. The second kappa shape index (κ2) is 2.79. The van der Waals surface area contributed by atoms with Crippen molar-refractivity contribution >= 4 is 0 Å². The summed E-state index contributed by atoms with van der Waals surface area (Å²) < 4.78 is 5.50. The standard InChI is InChI=1S/C10H13NO/c1-7-3-2-4-9-10(7)8(5-11)6-12-9/h2-4,8H,5-6,11H2,1H3. The highest BCUT2D eigenvalue weighted by atomic mass is 16.5. The van der Waals surface area contributed by atoms with Crippen molar-refractivity contribution in [2.45, 2.75) is 12.8 Å². The molecule has 0 aliphatic carbocycles. The predicted molar refractivity (Wildman–Crippen MR) is 48.5 cm³/mol. The van der Waals surface area contributed by atoms with Crippen molar-refractivity contribution in [2.75, 3.05) is 13.2 Å². The van der Waals surface area contributed by atoms with E-state index in [2.05, 4.69) is 13.0 Å². The quantitative estimate of drug-likeness (QED) is 0.679. The fraction of sp³-hybridized carbons (Fsp3) is 0.400. The van der Waals surface area contributed by atoms with Gasteiger partial charge < -0.3 is 10.5 Å². The highest BCUT2D eigenvalue weighted by molar-refractivity contribution is 5.45. The molecule has 1 heterocycles. The highest BCUT2D eigenvalue weighted by Gasteiger charge is 2.23.